The molecule has 0 aliphatic carbocycles. The van der Waals surface area contributed by atoms with Crippen LogP contribution in [-0.2, 0) is 17.8 Å². The Labute approximate surface area is 172 Å². The molecule has 5 rings (SSSR count). The van der Waals surface area contributed by atoms with E-state index >= 15 is 0 Å². The van der Waals surface area contributed by atoms with Crippen molar-refractivity contribution in [3.63, 3.8) is 0 Å². The number of H-pyrrole nitrogens is 1. The fraction of sp³-hybridized carbons (Fsp3) is 0.227. The molecule has 3 N–H and O–H groups in total. The van der Waals surface area contributed by atoms with Gasteiger partial charge in [0.2, 0.25) is 0 Å². The molecule has 0 saturated heterocycles. The topological polar surface area (TPSA) is 105 Å². The molecular formula is C22H21N5O3. The van der Waals surface area contributed by atoms with E-state index in [1.54, 1.807) is 17.9 Å². The van der Waals surface area contributed by atoms with E-state index in [1.165, 1.54) is 0 Å². The molecule has 1 aliphatic heterocycles. The van der Waals surface area contributed by atoms with Crippen molar-refractivity contribution in [1.82, 2.24) is 25.1 Å². The summed E-state index contributed by atoms with van der Waals surface area (Å²) >= 11 is 0. The van der Waals surface area contributed by atoms with Gasteiger partial charge in [-0.05, 0) is 24.6 Å². The van der Waals surface area contributed by atoms with Gasteiger partial charge in [0.05, 0.1) is 24.2 Å². The average Bonchev–Trinajstić information content (AvgIpc) is 3.40. The zero-order chi connectivity index (χ0) is 20.8. The molecule has 30 heavy (non-hydrogen) atoms. The van der Waals surface area contributed by atoms with E-state index in [0.717, 1.165) is 22.2 Å². The van der Waals surface area contributed by atoms with Crippen molar-refractivity contribution in [2.24, 2.45) is 0 Å². The van der Waals surface area contributed by atoms with Crippen molar-refractivity contribution in [3.8, 4) is 28.5 Å². The highest BCUT2D eigenvalue weighted by atomic mass is 16.5. The maximum absolute atomic E-state index is 12.0. The first kappa shape index (κ1) is 18.4. The number of ether oxygens (including phenoxy) is 1. The summed E-state index contributed by atoms with van der Waals surface area (Å²) in [5.41, 5.74) is 5.96. The van der Waals surface area contributed by atoms with E-state index in [9.17, 15) is 9.90 Å². The zero-order valence-electron chi connectivity index (χ0n) is 16.7. The van der Waals surface area contributed by atoms with Crippen LogP contribution >= 0.6 is 0 Å². The Morgan fingerprint density at radius 2 is 2.03 bits per heavy atom. The van der Waals surface area contributed by atoms with E-state index in [2.05, 4.69) is 20.4 Å². The van der Waals surface area contributed by atoms with Crippen LogP contribution in [0.4, 0.5) is 0 Å². The maximum Gasteiger partial charge on any atom is 0.251 e. The van der Waals surface area contributed by atoms with Crippen LogP contribution < -0.4 is 5.32 Å². The molecule has 1 aliphatic rings. The Morgan fingerprint density at radius 1 is 1.23 bits per heavy atom. The summed E-state index contributed by atoms with van der Waals surface area (Å²) in [6, 6.07) is 11.5. The lowest BCUT2D eigenvalue weighted by Crippen LogP contribution is -2.12. The quantitative estimate of drug-likeness (QED) is 0.475. The summed E-state index contributed by atoms with van der Waals surface area (Å²) < 4.78 is 6.91. The second-order valence-corrected chi connectivity index (χ2v) is 7.42. The lowest BCUT2D eigenvalue weighted by atomic mass is 10.1. The molecule has 4 aromatic rings. The van der Waals surface area contributed by atoms with Gasteiger partial charge in [-0.25, -0.2) is 4.98 Å². The van der Waals surface area contributed by atoms with Crippen molar-refractivity contribution in [2.75, 3.05) is 13.7 Å². The number of nitrogens with zero attached hydrogens (tertiary/aromatic N) is 3. The Morgan fingerprint density at radius 3 is 2.80 bits per heavy atom. The maximum atomic E-state index is 12.0. The van der Waals surface area contributed by atoms with E-state index in [0.29, 0.717) is 48.0 Å². The van der Waals surface area contributed by atoms with Crippen LogP contribution in [-0.4, -0.2) is 44.5 Å². The first-order valence-electron chi connectivity index (χ1n) is 9.72. The van der Waals surface area contributed by atoms with E-state index < -0.39 is 0 Å². The second-order valence-electron chi connectivity index (χ2n) is 7.42. The predicted molar refractivity (Wildman–Crippen MR) is 112 cm³/mol. The average molecular weight is 403 g/mol. The monoisotopic (exact) mass is 403 g/mol. The lowest BCUT2D eigenvalue weighted by Gasteiger charge is -2.04. The van der Waals surface area contributed by atoms with Gasteiger partial charge in [-0.15, -0.1) is 0 Å². The Kier molecular flexibility index (Phi) is 4.29. The summed E-state index contributed by atoms with van der Waals surface area (Å²) in [5, 5.41) is 18.5. The van der Waals surface area contributed by atoms with Gasteiger partial charge < -0.3 is 20.1 Å². The number of aromatic nitrogens is 4. The molecule has 8 heteroatoms. The summed E-state index contributed by atoms with van der Waals surface area (Å²) in [5.74, 6) is 0.457. The van der Waals surface area contributed by atoms with Gasteiger partial charge in [0.15, 0.2) is 11.6 Å². The van der Waals surface area contributed by atoms with Crippen molar-refractivity contribution >= 4 is 16.9 Å². The Balaban J connectivity index is 1.65. The number of benzene rings is 2. The number of carbonyl (C=O) groups excluding carboxylic acids is 1. The van der Waals surface area contributed by atoms with Crippen LogP contribution in [0, 0.1) is 6.92 Å². The standard InChI is InChI=1S/C22H21N5O3/c1-12-3-5-13(6-4-12)18-20(28)19(27(26-18)7-8-30-2)21-24-16-9-14-11-23-22(29)15(14)10-17(16)25-21/h3-6,9-10,28H,7-8,11H2,1-2H3,(H,23,29)(H,24,25). The fourth-order valence-corrected chi connectivity index (χ4v) is 3.77. The van der Waals surface area contributed by atoms with Gasteiger partial charge in [-0.3, -0.25) is 9.48 Å². The molecule has 0 radical (unpaired) electrons. The van der Waals surface area contributed by atoms with Crippen molar-refractivity contribution < 1.29 is 14.6 Å². The number of imidazole rings is 1. The molecule has 0 spiro atoms. The highest BCUT2D eigenvalue weighted by Gasteiger charge is 2.25. The Bertz CT molecular complexity index is 1270. The van der Waals surface area contributed by atoms with Gasteiger partial charge in [-0.1, -0.05) is 29.8 Å². The summed E-state index contributed by atoms with van der Waals surface area (Å²) in [4.78, 5) is 19.9. The number of aromatic hydroxyl groups is 1. The van der Waals surface area contributed by atoms with Gasteiger partial charge in [0.1, 0.15) is 11.4 Å². The molecule has 2 aromatic heterocycles. The van der Waals surface area contributed by atoms with Crippen LogP contribution in [0.2, 0.25) is 0 Å². The molecule has 8 nitrogen and oxygen atoms in total. The number of amides is 1. The number of nitrogens with one attached hydrogen (secondary N) is 2. The smallest absolute Gasteiger partial charge is 0.251 e. The van der Waals surface area contributed by atoms with E-state index in [1.807, 2.05) is 37.3 Å². The van der Waals surface area contributed by atoms with Crippen LogP contribution in [0.15, 0.2) is 36.4 Å². The van der Waals surface area contributed by atoms with Crippen LogP contribution in [0.3, 0.4) is 0 Å². The number of rotatable bonds is 5. The normalized spacial score (nSPS) is 13.1. The molecule has 0 saturated carbocycles. The highest BCUT2D eigenvalue weighted by Crippen LogP contribution is 2.38. The highest BCUT2D eigenvalue weighted by molar-refractivity contribution is 6.01. The molecule has 1 amide bonds. The van der Waals surface area contributed by atoms with Gasteiger partial charge in [-0.2, -0.15) is 5.10 Å². The SMILES string of the molecule is COCCn1nc(-c2ccc(C)cc2)c(O)c1-c1nc2cc3c(cc2[nH]1)CNC3=O. The van der Waals surface area contributed by atoms with Crippen LogP contribution in [0.5, 0.6) is 5.75 Å². The zero-order valence-corrected chi connectivity index (χ0v) is 16.7. The number of carbonyl (C=O) groups is 1. The van der Waals surface area contributed by atoms with Crippen molar-refractivity contribution in [1.29, 1.82) is 0 Å². The van der Waals surface area contributed by atoms with E-state index in [-0.39, 0.29) is 11.7 Å². The number of methoxy groups -OCH3 is 1. The molecule has 0 unspecified atom stereocenters. The summed E-state index contributed by atoms with van der Waals surface area (Å²) in [6.07, 6.45) is 0. The van der Waals surface area contributed by atoms with Crippen LogP contribution in [0.1, 0.15) is 21.5 Å². The second kappa shape index (κ2) is 7.00. The number of hydrogen-bond donors (Lipinski definition) is 3. The first-order chi connectivity index (χ1) is 14.5. The lowest BCUT2D eigenvalue weighted by molar-refractivity contribution is 0.0966. The molecular weight excluding hydrogens is 382 g/mol. The van der Waals surface area contributed by atoms with Crippen LogP contribution in [0.25, 0.3) is 33.8 Å². The molecule has 0 fully saturated rings. The molecule has 0 atom stereocenters. The minimum atomic E-state index is -0.0916. The predicted octanol–water partition coefficient (Wildman–Crippen LogP) is 3.00. The summed E-state index contributed by atoms with van der Waals surface area (Å²) in [7, 11) is 1.62. The van der Waals surface area contributed by atoms with Gasteiger partial charge in [0.25, 0.3) is 5.91 Å². The van der Waals surface area contributed by atoms with Gasteiger partial charge in [0, 0.05) is 24.8 Å². The van der Waals surface area contributed by atoms with Gasteiger partial charge >= 0.3 is 0 Å². The fourth-order valence-electron chi connectivity index (χ4n) is 3.77. The third kappa shape index (κ3) is 2.93. The molecule has 152 valence electrons. The largest absolute Gasteiger partial charge is 0.504 e. The number of aromatic amines is 1. The van der Waals surface area contributed by atoms with Crippen molar-refractivity contribution in [3.05, 3.63) is 53.1 Å². The molecule has 3 heterocycles. The minimum absolute atomic E-state index is 0.0549. The van der Waals surface area contributed by atoms with E-state index in [4.69, 9.17) is 4.74 Å². The summed E-state index contributed by atoms with van der Waals surface area (Å²) in [6.45, 7) is 3.42. The minimum Gasteiger partial charge on any atom is -0.504 e. The first-order valence-corrected chi connectivity index (χ1v) is 9.72. The van der Waals surface area contributed by atoms with Crippen molar-refractivity contribution in [2.45, 2.75) is 20.0 Å². The third-order valence-electron chi connectivity index (χ3n) is 5.37. The number of hydrogen-bond acceptors (Lipinski definition) is 5. The Hall–Kier alpha value is -3.65. The molecule has 2 aromatic carbocycles. The number of aryl methyl sites for hydroxylation is 1. The third-order valence-corrected chi connectivity index (χ3v) is 5.37. The number of fused-ring (bicyclic) bond motifs is 2. The molecule has 0 bridgehead atoms.